The van der Waals surface area contributed by atoms with Gasteiger partial charge in [0, 0.05) is 31.5 Å². The number of ether oxygens (including phenoxy) is 1. The summed E-state index contributed by atoms with van der Waals surface area (Å²) in [6.45, 7) is 4.53. The van der Waals surface area contributed by atoms with Crippen molar-refractivity contribution in [2.24, 2.45) is 11.8 Å². The number of carbonyl (C=O) groups excluding carboxylic acids is 1. The topological polar surface area (TPSA) is 50.4 Å². The van der Waals surface area contributed by atoms with Crippen LogP contribution >= 0.6 is 0 Å². The third kappa shape index (κ3) is 3.38. The van der Waals surface area contributed by atoms with Crippen LogP contribution in [0.15, 0.2) is 24.3 Å². The van der Waals surface area contributed by atoms with Crippen molar-refractivity contribution in [1.82, 2.24) is 5.32 Å². The van der Waals surface area contributed by atoms with Crippen LogP contribution in [0.3, 0.4) is 0 Å². The number of carbonyl (C=O) groups is 1. The second kappa shape index (κ2) is 6.48. The van der Waals surface area contributed by atoms with Crippen molar-refractivity contribution in [3.63, 3.8) is 0 Å². The lowest BCUT2D eigenvalue weighted by Gasteiger charge is -2.32. The summed E-state index contributed by atoms with van der Waals surface area (Å²) in [4.78, 5) is 12.5. The molecule has 1 amide bonds. The zero-order chi connectivity index (χ0) is 14.7. The van der Waals surface area contributed by atoms with E-state index in [9.17, 15) is 4.79 Å². The number of para-hydroxylation sites is 1. The maximum atomic E-state index is 12.5. The van der Waals surface area contributed by atoms with Gasteiger partial charge in [0.2, 0.25) is 5.91 Å². The number of anilines is 1. The van der Waals surface area contributed by atoms with Crippen LogP contribution in [-0.4, -0.2) is 31.7 Å². The number of benzene rings is 1. The molecule has 114 valence electrons. The lowest BCUT2D eigenvalue weighted by Crippen LogP contribution is -2.45. The molecule has 4 nitrogen and oxygen atoms in total. The average Bonchev–Trinajstić information content (AvgIpc) is 2.53. The minimum Gasteiger partial charge on any atom is -0.382 e. The maximum Gasteiger partial charge on any atom is 0.225 e. The first-order valence-electron chi connectivity index (χ1n) is 7.94. The fourth-order valence-corrected chi connectivity index (χ4v) is 3.24. The minimum atomic E-state index is 0.0136. The first-order chi connectivity index (χ1) is 10.2. The van der Waals surface area contributed by atoms with Crippen LogP contribution in [0.5, 0.6) is 0 Å². The van der Waals surface area contributed by atoms with Crippen LogP contribution in [0.1, 0.15) is 25.3 Å². The predicted molar refractivity (Wildman–Crippen MR) is 83.3 cm³/mol. The van der Waals surface area contributed by atoms with E-state index >= 15 is 0 Å². The molecule has 0 spiro atoms. The highest BCUT2D eigenvalue weighted by Gasteiger charge is 2.30. The van der Waals surface area contributed by atoms with E-state index in [0.717, 1.165) is 39.0 Å². The summed E-state index contributed by atoms with van der Waals surface area (Å²) in [5.74, 6) is 0.762. The van der Waals surface area contributed by atoms with Crippen LogP contribution in [0.2, 0.25) is 0 Å². The maximum absolute atomic E-state index is 12.5. The number of fused-ring (bicyclic) bond motifs is 1. The monoisotopic (exact) mass is 288 g/mol. The van der Waals surface area contributed by atoms with E-state index in [4.69, 9.17) is 4.74 Å². The second-order valence-corrected chi connectivity index (χ2v) is 6.20. The summed E-state index contributed by atoms with van der Waals surface area (Å²) in [6.07, 6.45) is 2.94. The van der Waals surface area contributed by atoms with E-state index in [2.05, 4.69) is 29.7 Å². The Hall–Kier alpha value is -1.55. The zero-order valence-corrected chi connectivity index (χ0v) is 12.6. The summed E-state index contributed by atoms with van der Waals surface area (Å²) in [6, 6.07) is 8.43. The van der Waals surface area contributed by atoms with Gasteiger partial charge in [-0.1, -0.05) is 18.2 Å². The number of rotatable bonds is 3. The smallest absolute Gasteiger partial charge is 0.225 e. The number of nitrogens with one attached hydrogen (secondary N) is 2. The van der Waals surface area contributed by atoms with E-state index in [1.54, 1.807) is 0 Å². The van der Waals surface area contributed by atoms with Crippen molar-refractivity contribution in [3.05, 3.63) is 29.8 Å². The Kier molecular flexibility index (Phi) is 4.44. The largest absolute Gasteiger partial charge is 0.382 e. The van der Waals surface area contributed by atoms with Crippen molar-refractivity contribution in [3.8, 4) is 0 Å². The van der Waals surface area contributed by atoms with E-state index in [-0.39, 0.29) is 17.9 Å². The lowest BCUT2D eigenvalue weighted by atomic mass is 9.87. The van der Waals surface area contributed by atoms with E-state index in [0.29, 0.717) is 5.92 Å². The number of amides is 1. The molecule has 1 aromatic carbocycles. The molecule has 2 heterocycles. The molecular formula is C17H24N2O2. The molecule has 0 radical (unpaired) electrons. The Morgan fingerprint density at radius 3 is 2.90 bits per heavy atom. The molecule has 2 N–H and O–H groups in total. The SMILES string of the molecule is CC1Nc2ccccc2CC1C(=O)NCC1CCOCC1. The highest BCUT2D eigenvalue weighted by Crippen LogP contribution is 2.28. The van der Waals surface area contributed by atoms with Gasteiger partial charge in [-0.3, -0.25) is 4.79 Å². The van der Waals surface area contributed by atoms with Gasteiger partial charge in [0.1, 0.15) is 0 Å². The van der Waals surface area contributed by atoms with Gasteiger partial charge in [0.15, 0.2) is 0 Å². The fourth-order valence-electron chi connectivity index (χ4n) is 3.24. The van der Waals surface area contributed by atoms with E-state index < -0.39 is 0 Å². The number of hydrogen-bond donors (Lipinski definition) is 2. The summed E-state index contributed by atoms with van der Waals surface area (Å²) in [5.41, 5.74) is 2.40. The van der Waals surface area contributed by atoms with Crippen LogP contribution in [0.25, 0.3) is 0 Å². The van der Waals surface area contributed by atoms with E-state index in [1.165, 1.54) is 11.3 Å². The first-order valence-corrected chi connectivity index (χ1v) is 7.94. The van der Waals surface area contributed by atoms with Gasteiger partial charge < -0.3 is 15.4 Å². The molecule has 3 rings (SSSR count). The molecular weight excluding hydrogens is 264 g/mol. The van der Waals surface area contributed by atoms with Gasteiger partial charge in [-0.15, -0.1) is 0 Å². The van der Waals surface area contributed by atoms with Crippen LogP contribution < -0.4 is 10.6 Å². The molecule has 1 fully saturated rings. The predicted octanol–water partition coefficient (Wildman–Crippen LogP) is 2.20. The molecule has 2 aliphatic heterocycles. The first kappa shape index (κ1) is 14.4. The average molecular weight is 288 g/mol. The number of hydrogen-bond acceptors (Lipinski definition) is 3. The lowest BCUT2D eigenvalue weighted by molar-refractivity contribution is -0.125. The van der Waals surface area contributed by atoms with Gasteiger partial charge in [0.05, 0.1) is 5.92 Å². The summed E-state index contributed by atoms with van der Waals surface area (Å²) in [5, 5.41) is 6.60. The Bertz CT molecular complexity index is 497. The third-order valence-electron chi connectivity index (χ3n) is 4.69. The Morgan fingerprint density at radius 2 is 2.10 bits per heavy atom. The molecule has 0 aliphatic carbocycles. The summed E-state index contributed by atoms with van der Waals surface area (Å²) < 4.78 is 5.36. The van der Waals surface area contributed by atoms with Gasteiger partial charge >= 0.3 is 0 Å². The highest BCUT2D eigenvalue weighted by molar-refractivity contribution is 5.81. The molecule has 1 saturated heterocycles. The van der Waals surface area contributed by atoms with Crippen molar-refractivity contribution >= 4 is 11.6 Å². The molecule has 0 saturated carbocycles. The molecule has 1 aromatic rings. The molecule has 2 unspecified atom stereocenters. The fraction of sp³-hybridized carbons (Fsp3) is 0.588. The van der Waals surface area contributed by atoms with Gasteiger partial charge in [-0.2, -0.15) is 0 Å². The van der Waals surface area contributed by atoms with Gasteiger partial charge in [0.25, 0.3) is 0 Å². The third-order valence-corrected chi connectivity index (χ3v) is 4.69. The van der Waals surface area contributed by atoms with Gasteiger partial charge in [-0.05, 0) is 43.7 Å². The van der Waals surface area contributed by atoms with Gasteiger partial charge in [-0.25, -0.2) is 0 Å². The summed E-state index contributed by atoms with van der Waals surface area (Å²) in [7, 11) is 0. The molecule has 21 heavy (non-hydrogen) atoms. The zero-order valence-electron chi connectivity index (χ0n) is 12.6. The highest BCUT2D eigenvalue weighted by atomic mass is 16.5. The molecule has 2 atom stereocenters. The molecule has 2 aliphatic rings. The van der Waals surface area contributed by atoms with Crippen molar-refractivity contribution in [2.45, 2.75) is 32.2 Å². The van der Waals surface area contributed by atoms with Crippen LogP contribution in [0, 0.1) is 11.8 Å². The summed E-state index contributed by atoms with van der Waals surface area (Å²) >= 11 is 0. The van der Waals surface area contributed by atoms with E-state index in [1.807, 2.05) is 12.1 Å². The van der Waals surface area contributed by atoms with Crippen LogP contribution in [-0.2, 0) is 16.0 Å². The minimum absolute atomic E-state index is 0.0136. The van der Waals surface area contributed by atoms with Crippen molar-refractivity contribution in [1.29, 1.82) is 0 Å². The Balaban J connectivity index is 1.57. The normalized spacial score (nSPS) is 25.8. The molecule has 0 bridgehead atoms. The van der Waals surface area contributed by atoms with Crippen molar-refractivity contribution in [2.75, 3.05) is 25.1 Å². The standard InChI is InChI=1S/C17H24N2O2/c1-12-15(10-14-4-2-3-5-16(14)19-12)17(20)18-11-13-6-8-21-9-7-13/h2-5,12-13,15,19H,6-11H2,1H3,(H,18,20). The van der Waals surface area contributed by atoms with Crippen molar-refractivity contribution < 1.29 is 9.53 Å². The van der Waals surface area contributed by atoms with Crippen LogP contribution in [0.4, 0.5) is 5.69 Å². The Morgan fingerprint density at radius 1 is 1.33 bits per heavy atom. The molecule has 4 heteroatoms. The Labute approximate surface area is 126 Å². The second-order valence-electron chi connectivity index (χ2n) is 6.20. The quantitative estimate of drug-likeness (QED) is 0.896. The molecule has 0 aromatic heterocycles.